The van der Waals surface area contributed by atoms with Crippen LogP contribution in [0.1, 0.15) is 75.2 Å². The topological polar surface area (TPSA) is 163 Å². The second-order valence-electron chi connectivity index (χ2n) is 12.7. The zero-order valence-corrected chi connectivity index (χ0v) is 26.0. The highest BCUT2D eigenvalue weighted by Crippen LogP contribution is 2.32. The Kier molecular flexibility index (Phi) is 13.0. The number of rotatable bonds is 12. The molecule has 0 spiro atoms. The Morgan fingerprint density at radius 2 is 1.61 bits per heavy atom. The van der Waals surface area contributed by atoms with Crippen molar-refractivity contribution in [2.75, 3.05) is 19.6 Å². The molecule has 4 N–H and O–H groups in total. The summed E-state index contributed by atoms with van der Waals surface area (Å²) in [5.41, 5.74) is -1.46. The lowest BCUT2D eigenvalue weighted by molar-refractivity contribution is -0.153. The van der Waals surface area contributed by atoms with Crippen LogP contribution in [0.25, 0.3) is 0 Å². The van der Waals surface area contributed by atoms with Gasteiger partial charge in [0.05, 0.1) is 6.04 Å². The van der Waals surface area contributed by atoms with Crippen molar-refractivity contribution in [3.8, 4) is 0 Å². The van der Waals surface area contributed by atoms with E-state index in [0.717, 1.165) is 0 Å². The molecule has 5 unspecified atom stereocenters. The monoisotopic (exact) mass is 579 g/mol. The molecule has 0 bridgehead atoms. The van der Waals surface area contributed by atoms with Gasteiger partial charge in [-0.1, -0.05) is 54.0 Å². The largest absolute Gasteiger partial charge is 0.459 e. The van der Waals surface area contributed by atoms with Crippen LogP contribution in [-0.4, -0.2) is 83.8 Å². The number of ketones is 1. The fraction of sp³-hybridized carbons (Fsp3) is 0.724. The third kappa shape index (κ3) is 10.8. The number of esters is 1. The molecule has 5 atom stereocenters. The van der Waals surface area contributed by atoms with E-state index in [9.17, 15) is 28.8 Å². The maximum atomic E-state index is 13.9. The highest BCUT2D eigenvalue weighted by Gasteiger charge is 2.48. The van der Waals surface area contributed by atoms with Gasteiger partial charge in [0.25, 0.3) is 5.91 Å². The minimum atomic E-state index is -1.05. The molecule has 0 aromatic heterocycles. The second-order valence-corrected chi connectivity index (χ2v) is 12.7. The summed E-state index contributed by atoms with van der Waals surface area (Å²) in [6, 6.07) is -3.74. The van der Waals surface area contributed by atoms with Gasteiger partial charge in [0.15, 0.2) is 0 Å². The Bertz CT molecular complexity index is 998. The number of nitrogens with one attached hydrogen (secondary N) is 4. The van der Waals surface area contributed by atoms with Gasteiger partial charge >= 0.3 is 12.0 Å². The normalized spacial score (nSPS) is 20.3. The number of hydrogen-bond donors (Lipinski definition) is 4. The van der Waals surface area contributed by atoms with Crippen molar-refractivity contribution in [2.45, 2.75) is 98.9 Å². The lowest BCUT2D eigenvalue weighted by Gasteiger charge is -2.36. The van der Waals surface area contributed by atoms with Gasteiger partial charge in [-0.2, -0.15) is 0 Å². The molecule has 0 radical (unpaired) electrons. The van der Waals surface area contributed by atoms with Crippen LogP contribution in [-0.2, 0) is 28.7 Å². The molecule has 12 nitrogen and oxygen atoms in total. The molecule has 41 heavy (non-hydrogen) atoms. The Morgan fingerprint density at radius 3 is 2.12 bits per heavy atom. The first kappa shape index (κ1) is 35.6. The predicted octanol–water partition coefficient (Wildman–Crippen LogP) is 1.68. The number of amides is 5. The maximum absolute atomic E-state index is 13.9. The number of likely N-dealkylation sites (tertiary alicyclic amines) is 1. The third-order valence-electron chi connectivity index (χ3n) is 6.81. The Balaban J connectivity index is 3.13. The van der Waals surface area contributed by atoms with Crippen molar-refractivity contribution in [3.05, 3.63) is 12.7 Å². The lowest BCUT2D eigenvalue weighted by atomic mass is 9.85. The summed E-state index contributed by atoms with van der Waals surface area (Å²) in [7, 11) is 0. The highest BCUT2D eigenvalue weighted by molar-refractivity contribution is 6.38. The summed E-state index contributed by atoms with van der Waals surface area (Å²) < 4.78 is 5.20. The number of Topliss-reactive ketones (excluding diaryl/α,β-unsaturated/α-hetero) is 1. The molecule has 5 amide bonds. The standard InChI is InChI=1S/C29H49N5O7/c1-11-13-19(22(36)25(38)30-14-12-2)32-24(37)21-18(4)17(3)16-34(21)26(39)23(28(5,6)7)33-27(40)31-15-20(35)41-29(8,9)10/h12,17-19,21,23H,2,11,13-16H2,1,3-10H3,(H,30,38)(H,32,37)(H2,31,33,40). The zero-order chi connectivity index (χ0) is 31.7. The van der Waals surface area contributed by atoms with Crippen molar-refractivity contribution in [3.63, 3.8) is 0 Å². The van der Waals surface area contributed by atoms with Gasteiger partial charge in [-0.25, -0.2) is 4.79 Å². The summed E-state index contributed by atoms with van der Waals surface area (Å²) in [6.07, 6.45) is 2.24. The van der Waals surface area contributed by atoms with Crippen LogP contribution in [0.4, 0.5) is 4.79 Å². The molecular weight excluding hydrogens is 530 g/mol. The number of carbonyl (C=O) groups excluding carboxylic acids is 6. The van der Waals surface area contributed by atoms with Gasteiger partial charge in [-0.15, -0.1) is 6.58 Å². The predicted molar refractivity (Wildman–Crippen MR) is 155 cm³/mol. The first-order valence-electron chi connectivity index (χ1n) is 14.1. The van der Waals surface area contributed by atoms with E-state index >= 15 is 0 Å². The van der Waals surface area contributed by atoms with E-state index in [1.165, 1.54) is 11.0 Å². The van der Waals surface area contributed by atoms with E-state index in [0.29, 0.717) is 6.42 Å². The first-order valence-corrected chi connectivity index (χ1v) is 14.1. The van der Waals surface area contributed by atoms with E-state index in [4.69, 9.17) is 4.74 Å². The van der Waals surface area contributed by atoms with E-state index in [2.05, 4.69) is 27.8 Å². The number of hydrogen-bond acceptors (Lipinski definition) is 7. The molecule has 1 fully saturated rings. The zero-order valence-electron chi connectivity index (χ0n) is 26.0. The van der Waals surface area contributed by atoms with Crippen molar-refractivity contribution in [2.24, 2.45) is 17.3 Å². The molecule has 0 aromatic rings. The summed E-state index contributed by atoms with van der Waals surface area (Å²) in [5.74, 6) is -3.53. The molecule has 0 aliphatic carbocycles. The number of nitrogens with zero attached hydrogens (tertiary/aromatic N) is 1. The van der Waals surface area contributed by atoms with E-state index in [1.807, 2.05) is 20.8 Å². The second kappa shape index (κ2) is 15.0. The van der Waals surface area contributed by atoms with Crippen LogP contribution in [0.5, 0.6) is 0 Å². The van der Waals surface area contributed by atoms with E-state index in [1.54, 1.807) is 41.5 Å². The molecule has 1 heterocycles. The first-order chi connectivity index (χ1) is 18.8. The third-order valence-corrected chi connectivity index (χ3v) is 6.81. The summed E-state index contributed by atoms with van der Waals surface area (Å²) in [5, 5.41) is 10.2. The van der Waals surface area contributed by atoms with Crippen LogP contribution < -0.4 is 21.3 Å². The van der Waals surface area contributed by atoms with E-state index in [-0.39, 0.29) is 37.9 Å². The van der Waals surface area contributed by atoms with E-state index < -0.39 is 64.6 Å². The summed E-state index contributed by atoms with van der Waals surface area (Å²) >= 11 is 0. The summed E-state index contributed by atoms with van der Waals surface area (Å²) in [4.78, 5) is 78.7. The molecule has 0 saturated carbocycles. The Labute approximate surface area is 243 Å². The number of carbonyl (C=O) groups is 6. The fourth-order valence-electron chi connectivity index (χ4n) is 4.54. The number of ether oxygens (including phenoxy) is 1. The minimum absolute atomic E-state index is 0.0486. The van der Waals surface area contributed by atoms with Crippen molar-refractivity contribution >= 4 is 35.5 Å². The molecular formula is C29H49N5O7. The summed E-state index contributed by atoms with van der Waals surface area (Å²) in [6.45, 7) is 19.6. The van der Waals surface area contributed by atoms with Crippen molar-refractivity contribution < 1.29 is 33.5 Å². The smallest absolute Gasteiger partial charge is 0.325 e. The minimum Gasteiger partial charge on any atom is -0.459 e. The molecule has 1 aliphatic rings. The lowest BCUT2D eigenvalue weighted by Crippen LogP contribution is -2.60. The van der Waals surface area contributed by atoms with Crippen LogP contribution >= 0.6 is 0 Å². The fourth-order valence-corrected chi connectivity index (χ4v) is 4.54. The maximum Gasteiger partial charge on any atom is 0.325 e. The van der Waals surface area contributed by atoms with Gasteiger partial charge in [-0.3, -0.25) is 24.0 Å². The average Bonchev–Trinajstić information content (AvgIpc) is 3.15. The van der Waals surface area contributed by atoms with Crippen LogP contribution in [0.2, 0.25) is 0 Å². The SMILES string of the molecule is C=CCNC(=O)C(=O)C(CCC)NC(=O)C1C(C)C(C)CN1C(=O)C(NC(=O)NCC(=O)OC(C)(C)C)C(C)(C)C. The molecule has 1 aliphatic heterocycles. The van der Waals surface area contributed by atoms with Crippen molar-refractivity contribution in [1.82, 2.24) is 26.2 Å². The Morgan fingerprint density at radius 1 is 1.00 bits per heavy atom. The van der Waals surface area contributed by atoms with Crippen LogP contribution in [0.3, 0.4) is 0 Å². The van der Waals surface area contributed by atoms with Crippen LogP contribution in [0, 0.1) is 17.3 Å². The van der Waals surface area contributed by atoms with Gasteiger partial charge in [0, 0.05) is 13.1 Å². The quantitative estimate of drug-likeness (QED) is 0.155. The van der Waals surface area contributed by atoms with Gasteiger partial charge < -0.3 is 30.9 Å². The average molecular weight is 580 g/mol. The Hall–Kier alpha value is -3.44. The highest BCUT2D eigenvalue weighted by atomic mass is 16.6. The van der Waals surface area contributed by atoms with Gasteiger partial charge in [-0.05, 0) is 44.4 Å². The number of urea groups is 1. The molecule has 1 rings (SSSR count). The molecule has 0 aromatic carbocycles. The molecule has 232 valence electrons. The van der Waals surface area contributed by atoms with Crippen molar-refractivity contribution in [1.29, 1.82) is 0 Å². The van der Waals surface area contributed by atoms with Gasteiger partial charge in [0.2, 0.25) is 17.6 Å². The molecule has 12 heteroatoms. The molecule has 1 saturated heterocycles. The van der Waals surface area contributed by atoms with Crippen LogP contribution in [0.15, 0.2) is 12.7 Å². The van der Waals surface area contributed by atoms with Gasteiger partial charge in [0.1, 0.15) is 24.2 Å².